The molecule has 1 aromatic rings. The summed E-state index contributed by atoms with van der Waals surface area (Å²) in [6.45, 7) is 2.28. The lowest BCUT2D eigenvalue weighted by molar-refractivity contribution is -0.118. The van der Waals surface area contributed by atoms with Crippen molar-refractivity contribution in [2.45, 2.75) is 129 Å². The first-order valence-electron chi connectivity index (χ1n) is 12.7. The van der Waals surface area contributed by atoms with E-state index < -0.39 is 0 Å². The van der Waals surface area contributed by atoms with Gasteiger partial charge in [0.25, 0.3) is 0 Å². The number of carbonyl (C=O) groups excluding carboxylic acids is 1. The topological polar surface area (TPSA) is 57.5 Å². The third-order valence-corrected chi connectivity index (χ3v) is 5.92. The second-order valence-corrected chi connectivity index (χ2v) is 8.98. The van der Waals surface area contributed by atoms with Crippen molar-refractivity contribution < 1.29 is 15.0 Å². The number of phenols is 2. The maximum absolute atomic E-state index is 12.0. The number of aromatic hydroxyl groups is 2. The van der Waals surface area contributed by atoms with Gasteiger partial charge in [0, 0.05) is 18.9 Å². The molecule has 0 unspecified atom stereocenters. The number of benzene rings is 1. The Morgan fingerprint density at radius 1 is 0.600 bits per heavy atom. The Kier molecular flexibility index (Phi) is 16.2. The molecule has 1 rings (SSSR count). The minimum atomic E-state index is 0.00982. The van der Waals surface area contributed by atoms with E-state index in [1.807, 2.05) is 0 Å². The van der Waals surface area contributed by atoms with Crippen molar-refractivity contribution >= 4 is 5.78 Å². The van der Waals surface area contributed by atoms with E-state index in [1.165, 1.54) is 102 Å². The normalized spacial score (nSPS) is 11.1. The summed E-state index contributed by atoms with van der Waals surface area (Å²) in [4.78, 5) is 12.0. The molecular weight excluding hydrogens is 372 g/mol. The van der Waals surface area contributed by atoms with Crippen LogP contribution >= 0.6 is 0 Å². The van der Waals surface area contributed by atoms with Crippen molar-refractivity contribution in [3.8, 4) is 11.5 Å². The molecule has 1 aromatic carbocycles. The van der Waals surface area contributed by atoms with Crippen molar-refractivity contribution in [2.75, 3.05) is 0 Å². The van der Waals surface area contributed by atoms with E-state index in [0.717, 1.165) is 12.8 Å². The van der Waals surface area contributed by atoms with Gasteiger partial charge >= 0.3 is 0 Å². The number of ketones is 1. The lowest BCUT2D eigenvalue weighted by atomic mass is 10.0. The van der Waals surface area contributed by atoms with E-state index in [1.54, 1.807) is 12.1 Å². The predicted octanol–water partition coefficient (Wildman–Crippen LogP) is 8.25. The molecule has 3 heteroatoms. The third-order valence-electron chi connectivity index (χ3n) is 5.92. The zero-order valence-electron chi connectivity index (χ0n) is 19.5. The van der Waals surface area contributed by atoms with Gasteiger partial charge in [0.05, 0.1) is 0 Å². The molecule has 3 nitrogen and oxygen atoms in total. The highest BCUT2D eigenvalue weighted by atomic mass is 16.3. The Morgan fingerprint density at radius 2 is 0.967 bits per heavy atom. The number of hydrogen-bond donors (Lipinski definition) is 2. The van der Waals surface area contributed by atoms with Gasteiger partial charge in [-0.25, -0.2) is 0 Å². The Labute approximate surface area is 185 Å². The standard InChI is InChI=1S/C27H46O3/c1-2-3-4-5-6-7-8-9-10-11-12-13-14-15-16-17-18-19-25(28)20-24-21-26(29)23-27(30)22-24/h21-23,29-30H,2-20H2,1H3. The highest BCUT2D eigenvalue weighted by Crippen LogP contribution is 2.21. The molecule has 0 aliphatic carbocycles. The van der Waals surface area contributed by atoms with Crippen LogP contribution in [0, 0.1) is 0 Å². The molecule has 0 radical (unpaired) electrons. The Hall–Kier alpha value is -1.51. The van der Waals surface area contributed by atoms with E-state index in [9.17, 15) is 15.0 Å². The average molecular weight is 419 g/mol. The Bertz CT molecular complexity index is 533. The van der Waals surface area contributed by atoms with Crippen LogP contribution in [0.4, 0.5) is 0 Å². The van der Waals surface area contributed by atoms with Crippen molar-refractivity contribution in [3.63, 3.8) is 0 Å². The quantitative estimate of drug-likeness (QED) is 0.210. The summed E-state index contributed by atoms with van der Waals surface area (Å²) in [5, 5.41) is 18.9. The van der Waals surface area contributed by atoms with Gasteiger partial charge in [-0.2, -0.15) is 0 Å². The predicted molar refractivity (Wildman–Crippen MR) is 127 cm³/mol. The summed E-state index contributed by atoms with van der Waals surface area (Å²) in [5.74, 6) is 0.201. The smallest absolute Gasteiger partial charge is 0.137 e. The van der Waals surface area contributed by atoms with E-state index in [2.05, 4.69) is 6.92 Å². The van der Waals surface area contributed by atoms with Crippen LogP contribution in [0.3, 0.4) is 0 Å². The molecule has 0 spiro atoms. The molecule has 0 fully saturated rings. The van der Waals surface area contributed by atoms with E-state index in [-0.39, 0.29) is 17.3 Å². The minimum Gasteiger partial charge on any atom is -0.508 e. The van der Waals surface area contributed by atoms with Crippen molar-refractivity contribution in [1.82, 2.24) is 0 Å². The van der Waals surface area contributed by atoms with Crippen LogP contribution < -0.4 is 0 Å². The highest BCUT2D eigenvalue weighted by Gasteiger charge is 2.06. The number of unbranched alkanes of at least 4 members (excludes halogenated alkanes) is 16. The summed E-state index contributed by atoms with van der Waals surface area (Å²) in [7, 11) is 0. The summed E-state index contributed by atoms with van der Waals surface area (Å²) in [6.07, 6.45) is 23.7. The molecule has 0 heterocycles. The van der Waals surface area contributed by atoms with Gasteiger partial charge in [0.1, 0.15) is 17.3 Å². The first-order valence-corrected chi connectivity index (χ1v) is 12.7. The molecule has 0 bridgehead atoms. The highest BCUT2D eigenvalue weighted by molar-refractivity contribution is 5.81. The molecule has 0 aliphatic heterocycles. The molecule has 30 heavy (non-hydrogen) atoms. The van der Waals surface area contributed by atoms with Crippen molar-refractivity contribution in [3.05, 3.63) is 23.8 Å². The molecule has 0 aromatic heterocycles. The number of hydrogen-bond acceptors (Lipinski definition) is 3. The monoisotopic (exact) mass is 418 g/mol. The molecule has 0 atom stereocenters. The fraction of sp³-hybridized carbons (Fsp3) is 0.741. The van der Waals surface area contributed by atoms with E-state index in [4.69, 9.17) is 0 Å². The van der Waals surface area contributed by atoms with Gasteiger partial charge < -0.3 is 10.2 Å². The van der Waals surface area contributed by atoms with Crippen LogP contribution in [0.15, 0.2) is 18.2 Å². The number of phenolic OH excluding ortho intramolecular Hbond substituents is 2. The van der Waals surface area contributed by atoms with Crippen LogP contribution in [0.5, 0.6) is 11.5 Å². The largest absolute Gasteiger partial charge is 0.508 e. The van der Waals surface area contributed by atoms with E-state index >= 15 is 0 Å². The molecule has 2 N–H and O–H groups in total. The Balaban J connectivity index is 1.82. The fourth-order valence-electron chi connectivity index (χ4n) is 4.12. The first-order chi connectivity index (χ1) is 14.6. The SMILES string of the molecule is CCCCCCCCCCCCCCCCCCCC(=O)Cc1cc(O)cc(O)c1. The minimum absolute atomic E-state index is 0.00982. The molecule has 0 saturated heterocycles. The van der Waals surface area contributed by atoms with Gasteiger partial charge in [0.2, 0.25) is 0 Å². The molecule has 172 valence electrons. The van der Waals surface area contributed by atoms with Gasteiger partial charge in [-0.3, -0.25) is 4.79 Å². The van der Waals surface area contributed by atoms with E-state index in [0.29, 0.717) is 18.4 Å². The fourth-order valence-corrected chi connectivity index (χ4v) is 4.12. The number of rotatable bonds is 20. The van der Waals surface area contributed by atoms with Gasteiger partial charge in [0.15, 0.2) is 0 Å². The zero-order chi connectivity index (χ0) is 21.9. The Morgan fingerprint density at radius 3 is 1.37 bits per heavy atom. The first kappa shape index (κ1) is 26.5. The van der Waals surface area contributed by atoms with Crippen molar-refractivity contribution in [2.24, 2.45) is 0 Å². The second-order valence-electron chi connectivity index (χ2n) is 8.98. The number of carbonyl (C=O) groups is 1. The van der Waals surface area contributed by atoms with Crippen LogP contribution in [0.1, 0.15) is 128 Å². The van der Waals surface area contributed by atoms with Crippen LogP contribution in [0.25, 0.3) is 0 Å². The second kappa shape index (κ2) is 18.3. The molecular formula is C27H46O3. The molecule has 0 saturated carbocycles. The zero-order valence-corrected chi connectivity index (χ0v) is 19.5. The van der Waals surface area contributed by atoms with Crippen molar-refractivity contribution in [1.29, 1.82) is 0 Å². The summed E-state index contributed by atoms with van der Waals surface area (Å²) < 4.78 is 0. The average Bonchev–Trinajstić information content (AvgIpc) is 2.69. The number of Topliss-reactive ketones (excluding diaryl/α,β-unsaturated/α-hetero) is 1. The van der Waals surface area contributed by atoms with Gasteiger partial charge in [-0.15, -0.1) is 0 Å². The van der Waals surface area contributed by atoms with Crippen LogP contribution in [-0.4, -0.2) is 16.0 Å². The maximum atomic E-state index is 12.0. The maximum Gasteiger partial charge on any atom is 0.137 e. The molecule has 0 aliphatic rings. The summed E-state index contributed by atoms with van der Waals surface area (Å²) in [6, 6.07) is 4.38. The molecule has 0 amide bonds. The lowest BCUT2D eigenvalue weighted by Crippen LogP contribution is -2.02. The summed E-state index contributed by atoms with van der Waals surface area (Å²) in [5.41, 5.74) is 0.685. The van der Waals surface area contributed by atoms with Crippen LogP contribution in [-0.2, 0) is 11.2 Å². The van der Waals surface area contributed by atoms with Crippen LogP contribution in [0.2, 0.25) is 0 Å². The lowest BCUT2D eigenvalue weighted by Gasteiger charge is -2.05. The van der Waals surface area contributed by atoms with Gasteiger partial charge in [-0.1, -0.05) is 110 Å². The third kappa shape index (κ3) is 15.3. The summed E-state index contributed by atoms with van der Waals surface area (Å²) >= 11 is 0. The van der Waals surface area contributed by atoms with Gasteiger partial charge in [-0.05, 0) is 24.1 Å².